The number of benzene rings is 1. The van der Waals surface area contributed by atoms with Crippen LogP contribution in [0, 0.1) is 6.92 Å². The molecule has 0 aromatic heterocycles. The van der Waals surface area contributed by atoms with Gasteiger partial charge in [-0.2, -0.15) is 0 Å². The molecule has 0 bridgehead atoms. The molecule has 2 rings (SSSR count). The largest absolute Gasteiger partial charge is 0.468 e. The highest BCUT2D eigenvalue weighted by atomic mass is 16.5. The van der Waals surface area contributed by atoms with Gasteiger partial charge in [-0.1, -0.05) is 37.0 Å². The van der Waals surface area contributed by atoms with E-state index in [2.05, 4.69) is 46.1 Å². The summed E-state index contributed by atoms with van der Waals surface area (Å²) in [7, 11) is 5.51. The second-order valence-corrected chi connectivity index (χ2v) is 6.02. The molecule has 1 aliphatic carbocycles. The molecule has 1 saturated carbocycles. The zero-order valence-corrected chi connectivity index (χ0v) is 14.4. The van der Waals surface area contributed by atoms with E-state index in [1.807, 2.05) is 14.1 Å². The number of carbonyl (C=O) groups is 1. The predicted molar refractivity (Wildman–Crippen MR) is 94.5 cm³/mol. The quantitative estimate of drug-likeness (QED) is 0.866. The normalized spacial score (nSPS) is 14.7. The van der Waals surface area contributed by atoms with Crippen molar-refractivity contribution in [1.29, 1.82) is 0 Å². The highest BCUT2D eigenvalue weighted by Crippen LogP contribution is 2.16. The number of carbonyl (C=O) groups excluding carboxylic acids is 1. The molecule has 1 aromatic rings. The average Bonchev–Trinajstić information content (AvgIpc) is 2.54. The number of hydrogen-bond acceptors (Lipinski definition) is 4. The molecule has 0 heterocycles. The Bertz CT molecular complexity index is 429. The Labute approximate surface area is 136 Å². The number of methoxy groups -OCH3 is 1. The Balaban J connectivity index is 0.000000409. The van der Waals surface area contributed by atoms with Gasteiger partial charge in [0.15, 0.2) is 0 Å². The number of esters is 1. The molecule has 0 spiro atoms. The van der Waals surface area contributed by atoms with Gasteiger partial charge in [0.2, 0.25) is 0 Å². The molecule has 1 fully saturated rings. The summed E-state index contributed by atoms with van der Waals surface area (Å²) in [5.74, 6) is -0.166. The van der Waals surface area contributed by atoms with Crippen molar-refractivity contribution in [3.8, 4) is 0 Å². The lowest BCUT2D eigenvalue weighted by Crippen LogP contribution is -2.35. The zero-order valence-electron chi connectivity index (χ0n) is 14.4. The summed E-state index contributed by atoms with van der Waals surface area (Å²) in [6.07, 6.45) is 6.34. The van der Waals surface area contributed by atoms with Crippen molar-refractivity contribution in [1.82, 2.24) is 5.32 Å². The Kier molecular flexibility index (Phi) is 8.60. The molecule has 4 heteroatoms. The monoisotopic (exact) mass is 308 g/mol. The maximum atomic E-state index is 10.8. The van der Waals surface area contributed by atoms with Gasteiger partial charge in [-0.25, -0.2) is 0 Å². The van der Waals surface area contributed by atoms with Crippen molar-refractivity contribution < 1.29 is 11.0 Å². The predicted octanol–water partition coefficient (Wildman–Crippen LogP) is 3.39. The summed E-state index contributed by atoms with van der Waals surface area (Å²) < 4.78 is 4.54. The maximum absolute atomic E-state index is 10.8. The third kappa shape index (κ3) is 7.46. The van der Waals surface area contributed by atoms with Gasteiger partial charge in [0, 0.05) is 27.3 Å². The number of nitrogens with one attached hydrogen (secondary N) is 1. The van der Waals surface area contributed by atoms with Crippen LogP contribution in [0.4, 0.5) is 5.69 Å². The van der Waals surface area contributed by atoms with Crippen molar-refractivity contribution in [3.05, 3.63) is 29.8 Å². The summed E-state index contributed by atoms with van der Waals surface area (Å²) >= 11 is 0. The van der Waals surface area contributed by atoms with Crippen LogP contribution >= 0.6 is 0 Å². The van der Waals surface area contributed by atoms with Gasteiger partial charge in [0.1, 0.15) is 0 Å². The van der Waals surface area contributed by atoms with E-state index in [9.17, 15) is 4.79 Å². The van der Waals surface area contributed by atoms with Crippen LogP contribution in [0.25, 0.3) is 0 Å². The number of anilines is 1. The molecule has 126 valence electrons. The van der Waals surface area contributed by atoms with Crippen molar-refractivity contribution in [2.75, 3.05) is 32.6 Å². The summed E-state index contributed by atoms with van der Waals surface area (Å²) in [4.78, 5) is 12.9. The zero-order chi connectivity index (χ0) is 16.4. The first-order chi connectivity index (χ1) is 10.5. The molecule has 4 nitrogen and oxygen atoms in total. The number of nitrogens with zero attached hydrogens (tertiary/aromatic N) is 1. The van der Waals surface area contributed by atoms with Gasteiger partial charge in [-0.05, 0) is 31.9 Å². The van der Waals surface area contributed by atoms with E-state index in [0.29, 0.717) is 12.6 Å². The van der Waals surface area contributed by atoms with Crippen molar-refractivity contribution in [3.63, 3.8) is 0 Å². The molecule has 1 aromatic carbocycles. The maximum Gasteiger partial charge on any atom is 0.319 e. The minimum Gasteiger partial charge on any atom is -0.468 e. The van der Waals surface area contributed by atoms with Crippen LogP contribution in [-0.2, 0) is 9.53 Å². The van der Waals surface area contributed by atoms with Crippen molar-refractivity contribution in [2.24, 2.45) is 0 Å². The Hall–Kier alpha value is -1.55. The number of aryl methyl sites for hydroxylation is 1. The fraction of sp³-hybridized carbons (Fsp3) is 0.611. The summed E-state index contributed by atoms with van der Waals surface area (Å²) in [6.45, 7) is 2.46. The molecule has 22 heavy (non-hydrogen) atoms. The van der Waals surface area contributed by atoms with Crippen LogP contribution in [0.5, 0.6) is 0 Å². The van der Waals surface area contributed by atoms with Crippen LogP contribution in [-0.4, -0.2) is 39.8 Å². The van der Waals surface area contributed by atoms with Gasteiger partial charge in [0.05, 0.1) is 13.7 Å². The number of rotatable bonds is 4. The standard InChI is InChI=1S/C9H17NO2.C9H13N.H2/c1-12-9(11)7-10-8-5-3-2-4-6-8;1-8-4-6-9(7-5-8)10(2)3;/h8,10H,2-7H2,1H3;4-7H,1-3H3;1H. The lowest BCUT2D eigenvalue weighted by molar-refractivity contribution is -0.139. The van der Waals surface area contributed by atoms with Gasteiger partial charge in [-0.15, -0.1) is 0 Å². The van der Waals surface area contributed by atoms with Crippen LogP contribution < -0.4 is 10.2 Å². The first-order valence-corrected chi connectivity index (χ1v) is 8.07. The molecule has 0 atom stereocenters. The van der Waals surface area contributed by atoms with Crippen LogP contribution in [0.15, 0.2) is 24.3 Å². The van der Waals surface area contributed by atoms with E-state index in [4.69, 9.17) is 0 Å². The first-order valence-electron chi connectivity index (χ1n) is 8.07. The molecule has 0 unspecified atom stereocenters. The summed E-state index contributed by atoms with van der Waals surface area (Å²) in [5.41, 5.74) is 2.57. The highest BCUT2D eigenvalue weighted by Gasteiger charge is 2.13. The van der Waals surface area contributed by atoms with Crippen LogP contribution in [0.3, 0.4) is 0 Å². The van der Waals surface area contributed by atoms with Crippen LogP contribution in [0.1, 0.15) is 39.1 Å². The Morgan fingerprint density at radius 3 is 2.32 bits per heavy atom. The third-order valence-electron chi connectivity index (χ3n) is 3.92. The fourth-order valence-electron chi connectivity index (χ4n) is 2.45. The molecule has 0 aliphatic heterocycles. The second kappa shape index (κ2) is 10.2. The molecular formula is C18H32N2O2. The topological polar surface area (TPSA) is 41.6 Å². The smallest absolute Gasteiger partial charge is 0.319 e. The van der Waals surface area contributed by atoms with E-state index < -0.39 is 0 Å². The molecular weight excluding hydrogens is 276 g/mol. The van der Waals surface area contributed by atoms with E-state index in [1.54, 1.807) is 0 Å². The minimum atomic E-state index is -0.166. The van der Waals surface area contributed by atoms with E-state index in [0.717, 1.165) is 0 Å². The van der Waals surface area contributed by atoms with Crippen molar-refractivity contribution >= 4 is 11.7 Å². The van der Waals surface area contributed by atoms with E-state index >= 15 is 0 Å². The molecule has 0 radical (unpaired) electrons. The van der Waals surface area contributed by atoms with E-state index in [-0.39, 0.29) is 7.40 Å². The lowest BCUT2D eigenvalue weighted by Gasteiger charge is -2.21. The highest BCUT2D eigenvalue weighted by molar-refractivity contribution is 5.71. The fourth-order valence-corrected chi connectivity index (χ4v) is 2.45. The molecule has 1 N–H and O–H groups in total. The molecule has 0 amide bonds. The van der Waals surface area contributed by atoms with E-state index in [1.165, 1.54) is 50.5 Å². The van der Waals surface area contributed by atoms with Gasteiger partial charge < -0.3 is 15.0 Å². The summed E-state index contributed by atoms with van der Waals surface area (Å²) in [5, 5.41) is 3.20. The van der Waals surface area contributed by atoms with Gasteiger partial charge >= 0.3 is 5.97 Å². The Morgan fingerprint density at radius 2 is 1.82 bits per heavy atom. The van der Waals surface area contributed by atoms with Crippen molar-refractivity contribution in [2.45, 2.75) is 45.1 Å². The van der Waals surface area contributed by atoms with Gasteiger partial charge in [-0.3, -0.25) is 4.79 Å². The minimum absolute atomic E-state index is 0. The van der Waals surface area contributed by atoms with Crippen LogP contribution in [0.2, 0.25) is 0 Å². The average molecular weight is 308 g/mol. The third-order valence-corrected chi connectivity index (χ3v) is 3.92. The lowest BCUT2D eigenvalue weighted by atomic mass is 9.96. The summed E-state index contributed by atoms with van der Waals surface area (Å²) in [6, 6.07) is 9.02. The molecule has 0 saturated heterocycles. The van der Waals surface area contributed by atoms with Gasteiger partial charge in [0.25, 0.3) is 0 Å². The Morgan fingerprint density at radius 1 is 1.23 bits per heavy atom. The molecule has 1 aliphatic rings. The SMILES string of the molecule is COC(=O)CNC1CCCCC1.Cc1ccc(N(C)C)cc1.[HH]. The first kappa shape index (κ1) is 18.5. The second-order valence-electron chi connectivity index (χ2n) is 6.02. The number of ether oxygens (including phenoxy) is 1. The number of hydrogen-bond donors (Lipinski definition) is 1.